The Morgan fingerprint density at radius 2 is 2.00 bits per heavy atom. The predicted molar refractivity (Wildman–Crippen MR) is 81.1 cm³/mol. The number of ether oxygens (including phenoxy) is 2. The van der Waals surface area contributed by atoms with E-state index in [0.29, 0.717) is 17.1 Å². The van der Waals surface area contributed by atoms with Crippen LogP contribution in [0.25, 0.3) is 0 Å². The molecule has 1 aliphatic rings. The Morgan fingerprint density at radius 1 is 1.19 bits per heavy atom. The van der Waals surface area contributed by atoms with Crippen LogP contribution in [0.15, 0.2) is 36.4 Å². The van der Waals surface area contributed by atoms with Gasteiger partial charge in [0.15, 0.2) is 11.5 Å². The molecule has 0 atom stereocenters. The lowest BCUT2D eigenvalue weighted by Crippen LogP contribution is -2.14. The second kappa shape index (κ2) is 5.48. The SMILES string of the molecule is CCc1cccc(C)c1NC(=O)c1ccc2c(c1)OCO2. The van der Waals surface area contributed by atoms with Crippen LogP contribution in [-0.4, -0.2) is 12.7 Å². The maximum atomic E-state index is 12.4. The number of carbonyl (C=O) groups is 1. The lowest BCUT2D eigenvalue weighted by atomic mass is 10.1. The maximum Gasteiger partial charge on any atom is 0.255 e. The summed E-state index contributed by atoms with van der Waals surface area (Å²) in [5, 5.41) is 3.00. The number of benzene rings is 2. The van der Waals surface area contributed by atoms with Gasteiger partial charge in [-0.2, -0.15) is 0 Å². The van der Waals surface area contributed by atoms with Crippen molar-refractivity contribution in [1.29, 1.82) is 0 Å². The Kier molecular flexibility index (Phi) is 3.52. The fraction of sp³-hybridized carbons (Fsp3) is 0.235. The zero-order valence-corrected chi connectivity index (χ0v) is 12.1. The molecule has 0 radical (unpaired) electrons. The number of anilines is 1. The summed E-state index contributed by atoms with van der Waals surface area (Å²) in [6.07, 6.45) is 0.873. The van der Waals surface area contributed by atoms with Crippen LogP contribution in [-0.2, 0) is 6.42 Å². The summed E-state index contributed by atoms with van der Waals surface area (Å²) >= 11 is 0. The highest BCUT2D eigenvalue weighted by atomic mass is 16.7. The number of nitrogens with one attached hydrogen (secondary N) is 1. The molecule has 0 spiro atoms. The maximum absolute atomic E-state index is 12.4. The smallest absolute Gasteiger partial charge is 0.255 e. The molecule has 0 fully saturated rings. The Labute approximate surface area is 123 Å². The highest BCUT2D eigenvalue weighted by Crippen LogP contribution is 2.33. The van der Waals surface area contributed by atoms with Crippen molar-refractivity contribution >= 4 is 11.6 Å². The van der Waals surface area contributed by atoms with Crippen LogP contribution in [0.2, 0.25) is 0 Å². The van der Waals surface area contributed by atoms with Crippen molar-refractivity contribution in [2.45, 2.75) is 20.3 Å². The number of hydrogen-bond donors (Lipinski definition) is 1. The lowest BCUT2D eigenvalue weighted by molar-refractivity contribution is 0.102. The summed E-state index contributed by atoms with van der Waals surface area (Å²) in [6.45, 7) is 4.28. The van der Waals surface area contributed by atoms with Crippen molar-refractivity contribution in [3.8, 4) is 11.5 Å². The number of rotatable bonds is 3. The molecule has 1 aliphatic heterocycles. The number of fused-ring (bicyclic) bond motifs is 1. The average Bonchev–Trinajstić information content (AvgIpc) is 2.96. The summed E-state index contributed by atoms with van der Waals surface area (Å²) in [6, 6.07) is 11.2. The third-order valence-corrected chi connectivity index (χ3v) is 3.61. The Hall–Kier alpha value is -2.49. The number of aryl methyl sites for hydroxylation is 2. The summed E-state index contributed by atoms with van der Waals surface area (Å²) < 4.78 is 10.6. The van der Waals surface area contributed by atoms with Gasteiger partial charge >= 0.3 is 0 Å². The average molecular weight is 283 g/mol. The molecule has 1 heterocycles. The summed E-state index contributed by atoms with van der Waals surface area (Å²) in [5.41, 5.74) is 3.64. The molecule has 2 aromatic carbocycles. The molecule has 0 aromatic heterocycles. The molecular formula is C17H17NO3. The lowest BCUT2D eigenvalue weighted by Gasteiger charge is -2.13. The van der Waals surface area contributed by atoms with Crippen LogP contribution in [0.3, 0.4) is 0 Å². The normalized spacial score (nSPS) is 12.3. The second-order valence-corrected chi connectivity index (χ2v) is 4.98. The predicted octanol–water partition coefficient (Wildman–Crippen LogP) is 3.54. The molecule has 0 bridgehead atoms. The molecule has 0 saturated heterocycles. The van der Waals surface area contributed by atoms with Gasteiger partial charge in [-0.3, -0.25) is 4.79 Å². The minimum Gasteiger partial charge on any atom is -0.454 e. The first-order chi connectivity index (χ1) is 10.2. The highest BCUT2D eigenvalue weighted by Gasteiger charge is 2.17. The van der Waals surface area contributed by atoms with Crippen LogP contribution in [0.5, 0.6) is 11.5 Å². The van der Waals surface area contributed by atoms with Gasteiger partial charge in [0, 0.05) is 11.3 Å². The van der Waals surface area contributed by atoms with E-state index in [1.165, 1.54) is 0 Å². The van der Waals surface area contributed by atoms with Crippen molar-refractivity contribution in [3.05, 3.63) is 53.1 Å². The van der Waals surface area contributed by atoms with E-state index in [2.05, 4.69) is 12.2 Å². The zero-order chi connectivity index (χ0) is 14.8. The number of carbonyl (C=O) groups excluding carboxylic acids is 1. The molecule has 4 heteroatoms. The first kappa shape index (κ1) is 13.5. The first-order valence-corrected chi connectivity index (χ1v) is 6.98. The first-order valence-electron chi connectivity index (χ1n) is 6.98. The van der Waals surface area contributed by atoms with Crippen LogP contribution in [0, 0.1) is 6.92 Å². The van der Waals surface area contributed by atoms with Crippen molar-refractivity contribution in [3.63, 3.8) is 0 Å². The third kappa shape index (κ3) is 2.57. The molecule has 3 rings (SSSR count). The molecule has 21 heavy (non-hydrogen) atoms. The fourth-order valence-corrected chi connectivity index (χ4v) is 2.43. The quantitative estimate of drug-likeness (QED) is 0.937. The fourth-order valence-electron chi connectivity index (χ4n) is 2.43. The molecule has 4 nitrogen and oxygen atoms in total. The molecule has 2 aromatic rings. The van der Waals surface area contributed by atoms with Crippen LogP contribution in [0.4, 0.5) is 5.69 Å². The van der Waals surface area contributed by atoms with Gasteiger partial charge in [-0.25, -0.2) is 0 Å². The van der Waals surface area contributed by atoms with Crippen LogP contribution in [0.1, 0.15) is 28.4 Å². The van der Waals surface area contributed by atoms with Crippen LogP contribution >= 0.6 is 0 Å². The topological polar surface area (TPSA) is 47.6 Å². The largest absolute Gasteiger partial charge is 0.454 e. The molecule has 0 aliphatic carbocycles. The van der Waals surface area contributed by atoms with Crippen molar-refractivity contribution < 1.29 is 14.3 Å². The van der Waals surface area contributed by atoms with E-state index in [1.807, 2.05) is 25.1 Å². The van der Waals surface area contributed by atoms with Crippen molar-refractivity contribution in [2.24, 2.45) is 0 Å². The van der Waals surface area contributed by atoms with E-state index in [9.17, 15) is 4.79 Å². The van der Waals surface area contributed by atoms with Gasteiger partial charge < -0.3 is 14.8 Å². The number of amides is 1. The van der Waals surface area contributed by atoms with Gasteiger partial charge in [-0.15, -0.1) is 0 Å². The van der Waals surface area contributed by atoms with Crippen LogP contribution < -0.4 is 14.8 Å². The summed E-state index contributed by atoms with van der Waals surface area (Å²) in [4.78, 5) is 12.4. The summed E-state index contributed by atoms with van der Waals surface area (Å²) in [5.74, 6) is 1.15. The molecule has 108 valence electrons. The van der Waals surface area contributed by atoms with E-state index in [1.54, 1.807) is 18.2 Å². The zero-order valence-electron chi connectivity index (χ0n) is 12.1. The molecule has 1 amide bonds. The Balaban J connectivity index is 1.87. The third-order valence-electron chi connectivity index (χ3n) is 3.61. The molecule has 0 saturated carbocycles. The monoisotopic (exact) mass is 283 g/mol. The number of hydrogen-bond acceptors (Lipinski definition) is 3. The second-order valence-electron chi connectivity index (χ2n) is 4.98. The van der Waals surface area contributed by atoms with Gasteiger partial charge in [-0.1, -0.05) is 25.1 Å². The molecule has 1 N–H and O–H groups in total. The van der Waals surface area contributed by atoms with Gasteiger partial charge in [0.1, 0.15) is 0 Å². The van der Waals surface area contributed by atoms with E-state index in [4.69, 9.17) is 9.47 Å². The van der Waals surface area contributed by atoms with E-state index in [0.717, 1.165) is 23.2 Å². The summed E-state index contributed by atoms with van der Waals surface area (Å²) in [7, 11) is 0. The van der Waals surface area contributed by atoms with Gasteiger partial charge in [0.25, 0.3) is 5.91 Å². The van der Waals surface area contributed by atoms with Gasteiger partial charge in [0.05, 0.1) is 0 Å². The standard InChI is InChI=1S/C17H17NO3/c1-3-12-6-4-5-11(2)16(12)18-17(19)13-7-8-14-15(9-13)21-10-20-14/h4-9H,3,10H2,1-2H3,(H,18,19). The van der Waals surface area contributed by atoms with Crippen molar-refractivity contribution in [1.82, 2.24) is 0 Å². The van der Waals surface area contributed by atoms with E-state index in [-0.39, 0.29) is 12.7 Å². The van der Waals surface area contributed by atoms with E-state index >= 15 is 0 Å². The molecular weight excluding hydrogens is 266 g/mol. The van der Waals surface area contributed by atoms with Gasteiger partial charge in [0.2, 0.25) is 6.79 Å². The van der Waals surface area contributed by atoms with E-state index < -0.39 is 0 Å². The van der Waals surface area contributed by atoms with Gasteiger partial charge in [-0.05, 0) is 42.7 Å². The Morgan fingerprint density at radius 3 is 2.81 bits per heavy atom. The highest BCUT2D eigenvalue weighted by molar-refractivity contribution is 6.05. The minimum atomic E-state index is -0.141. The van der Waals surface area contributed by atoms with Crippen molar-refractivity contribution in [2.75, 3.05) is 12.1 Å². The number of para-hydroxylation sites is 1. The Bertz CT molecular complexity index is 694. The minimum absolute atomic E-state index is 0.141. The molecule has 0 unspecified atom stereocenters.